The lowest BCUT2D eigenvalue weighted by Crippen LogP contribution is -1.93. The number of nitrogens with zero attached hydrogens (tertiary/aromatic N) is 1. The Balaban J connectivity index is 2.71. The van der Waals surface area contributed by atoms with Crippen LogP contribution in [0.2, 0.25) is 0 Å². The van der Waals surface area contributed by atoms with Crippen LogP contribution in [0.5, 0.6) is 0 Å². The van der Waals surface area contributed by atoms with Crippen LogP contribution in [0.4, 0.5) is 4.39 Å². The van der Waals surface area contributed by atoms with Crippen molar-refractivity contribution in [1.29, 1.82) is 5.26 Å². The van der Waals surface area contributed by atoms with Gasteiger partial charge in [0.25, 0.3) is 0 Å². The molecule has 70 valence electrons. The van der Waals surface area contributed by atoms with Crippen molar-refractivity contribution in [2.45, 2.75) is 0 Å². The summed E-state index contributed by atoms with van der Waals surface area (Å²) in [6, 6.07) is 5.25. The van der Waals surface area contributed by atoms with Crippen molar-refractivity contribution in [2.24, 2.45) is 0 Å². The van der Waals surface area contributed by atoms with E-state index < -0.39 is 0 Å². The number of halogens is 1. The van der Waals surface area contributed by atoms with Crippen molar-refractivity contribution < 1.29 is 9.18 Å². The van der Waals surface area contributed by atoms with Gasteiger partial charge in [0, 0.05) is 5.56 Å². The third-order valence-electron chi connectivity index (χ3n) is 1.47. The molecule has 4 heteroatoms. The number of ketones is 1. The van der Waals surface area contributed by atoms with E-state index in [4.69, 9.17) is 5.26 Å². The van der Waals surface area contributed by atoms with Crippen LogP contribution in [-0.2, 0) is 0 Å². The second kappa shape index (κ2) is 5.20. The lowest BCUT2D eigenvalue weighted by atomic mass is 10.1. The molecule has 1 aromatic rings. The van der Waals surface area contributed by atoms with E-state index in [0.717, 1.165) is 11.8 Å². The molecule has 0 heterocycles. The van der Waals surface area contributed by atoms with Crippen molar-refractivity contribution >= 4 is 17.5 Å². The average molecular weight is 207 g/mol. The highest BCUT2D eigenvalue weighted by Gasteiger charge is 2.00. The first kappa shape index (κ1) is 10.5. The first-order chi connectivity index (χ1) is 6.74. The fourth-order valence-corrected chi connectivity index (χ4v) is 1.09. The van der Waals surface area contributed by atoms with Crippen LogP contribution < -0.4 is 0 Å². The minimum atomic E-state index is -0.378. The molecule has 14 heavy (non-hydrogen) atoms. The fraction of sp³-hybridized carbons (Fsp3) is 0. The second-order valence-corrected chi connectivity index (χ2v) is 3.07. The fourth-order valence-electron chi connectivity index (χ4n) is 0.837. The number of rotatable bonds is 3. The summed E-state index contributed by atoms with van der Waals surface area (Å²) in [5.74, 6) is -0.621. The maximum absolute atomic E-state index is 12.5. The van der Waals surface area contributed by atoms with Crippen LogP contribution in [-0.4, -0.2) is 5.78 Å². The molecule has 0 atom stereocenters. The van der Waals surface area contributed by atoms with Gasteiger partial charge in [0.15, 0.2) is 5.78 Å². The summed E-state index contributed by atoms with van der Waals surface area (Å²) >= 11 is 0.864. The predicted molar refractivity (Wildman–Crippen MR) is 53.1 cm³/mol. The van der Waals surface area contributed by atoms with Crippen LogP contribution in [0, 0.1) is 16.5 Å². The van der Waals surface area contributed by atoms with E-state index in [1.54, 1.807) is 5.40 Å². The molecular weight excluding hydrogens is 201 g/mol. The quantitative estimate of drug-likeness (QED) is 0.434. The molecule has 0 amide bonds. The van der Waals surface area contributed by atoms with E-state index in [0.29, 0.717) is 5.56 Å². The largest absolute Gasteiger partial charge is 0.289 e. The number of nitriles is 1. The van der Waals surface area contributed by atoms with Crippen molar-refractivity contribution in [1.82, 2.24) is 0 Å². The first-order valence-electron chi connectivity index (χ1n) is 3.75. The van der Waals surface area contributed by atoms with E-state index >= 15 is 0 Å². The van der Waals surface area contributed by atoms with Gasteiger partial charge in [0.2, 0.25) is 0 Å². The molecule has 0 fully saturated rings. The maximum Gasteiger partial charge on any atom is 0.186 e. The molecule has 0 aromatic heterocycles. The Morgan fingerprint density at radius 2 is 2.07 bits per heavy atom. The number of hydrogen-bond donors (Lipinski definition) is 0. The van der Waals surface area contributed by atoms with Gasteiger partial charge in [-0.15, -0.1) is 0 Å². The van der Waals surface area contributed by atoms with Crippen molar-refractivity contribution in [3.8, 4) is 5.40 Å². The van der Waals surface area contributed by atoms with Gasteiger partial charge in [-0.05, 0) is 47.5 Å². The smallest absolute Gasteiger partial charge is 0.186 e. The van der Waals surface area contributed by atoms with Gasteiger partial charge < -0.3 is 0 Å². The van der Waals surface area contributed by atoms with Gasteiger partial charge in [0.1, 0.15) is 11.2 Å². The van der Waals surface area contributed by atoms with Gasteiger partial charge in [-0.3, -0.25) is 4.79 Å². The van der Waals surface area contributed by atoms with Crippen molar-refractivity contribution in [3.05, 3.63) is 47.1 Å². The second-order valence-electron chi connectivity index (χ2n) is 2.38. The summed E-state index contributed by atoms with van der Waals surface area (Å²) in [4.78, 5) is 11.3. The third-order valence-corrected chi connectivity index (χ3v) is 1.85. The zero-order valence-corrected chi connectivity index (χ0v) is 7.92. The molecule has 0 saturated carbocycles. The Morgan fingerprint density at radius 1 is 1.43 bits per heavy atom. The summed E-state index contributed by atoms with van der Waals surface area (Å²) < 4.78 is 12.5. The standard InChI is InChI=1S/C10H6FNOS/c11-9-3-1-8(2-4-9)10(13)5-6-14-7-12/h1-6H/b6-5-. The predicted octanol–water partition coefficient (Wildman–Crippen LogP) is 2.74. The van der Waals surface area contributed by atoms with Crippen LogP contribution in [0.3, 0.4) is 0 Å². The number of carbonyl (C=O) groups is 1. The monoisotopic (exact) mass is 207 g/mol. The van der Waals surface area contributed by atoms with Crippen LogP contribution in [0.15, 0.2) is 35.7 Å². The number of benzene rings is 1. The number of thioether (sulfide) groups is 1. The van der Waals surface area contributed by atoms with Crippen LogP contribution in [0.25, 0.3) is 0 Å². The molecule has 0 aliphatic carbocycles. The topological polar surface area (TPSA) is 40.9 Å². The Kier molecular flexibility index (Phi) is 3.89. The molecule has 0 N–H and O–H groups in total. The number of thiocyanates is 1. The highest BCUT2D eigenvalue weighted by Crippen LogP contribution is 2.06. The van der Waals surface area contributed by atoms with Gasteiger partial charge in [-0.1, -0.05) is 0 Å². The lowest BCUT2D eigenvalue weighted by molar-refractivity contribution is 0.104. The highest BCUT2D eigenvalue weighted by molar-refractivity contribution is 8.06. The molecule has 0 radical (unpaired) electrons. The Labute approximate surface area is 85.0 Å². The highest BCUT2D eigenvalue weighted by atomic mass is 32.2. The molecule has 0 unspecified atom stereocenters. The van der Waals surface area contributed by atoms with Crippen molar-refractivity contribution in [2.75, 3.05) is 0 Å². The molecular formula is C10H6FNOS. The molecule has 0 spiro atoms. The molecule has 0 bridgehead atoms. The number of carbonyl (C=O) groups excluding carboxylic acids is 1. The summed E-state index contributed by atoms with van der Waals surface area (Å²) in [5, 5.41) is 11.4. The summed E-state index contributed by atoms with van der Waals surface area (Å²) in [5.41, 5.74) is 0.404. The molecule has 0 aliphatic heterocycles. The number of hydrogen-bond acceptors (Lipinski definition) is 3. The van der Waals surface area contributed by atoms with E-state index in [9.17, 15) is 9.18 Å². The normalized spacial score (nSPS) is 10.0. The minimum absolute atomic E-state index is 0.243. The van der Waals surface area contributed by atoms with E-state index in [2.05, 4.69) is 0 Å². The SMILES string of the molecule is N#CS/C=C\C(=O)c1ccc(F)cc1. The Hall–Kier alpha value is -1.60. The summed E-state index contributed by atoms with van der Waals surface area (Å²) in [6.45, 7) is 0. The lowest BCUT2D eigenvalue weighted by Gasteiger charge is -1.93. The van der Waals surface area contributed by atoms with Crippen LogP contribution >= 0.6 is 11.8 Å². The Morgan fingerprint density at radius 3 is 2.64 bits per heavy atom. The molecule has 1 aromatic carbocycles. The first-order valence-corrected chi connectivity index (χ1v) is 4.63. The number of allylic oxidation sites excluding steroid dienone is 1. The van der Waals surface area contributed by atoms with E-state index in [-0.39, 0.29) is 11.6 Å². The van der Waals surface area contributed by atoms with Gasteiger partial charge in [0.05, 0.1) is 0 Å². The molecule has 2 nitrogen and oxygen atoms in total. The van der Waals surface area contributed by atoms with E-state index in [1.807, 2.05) is 0 Å². The van der Waals surface area contributed by atoms with Gasteiger partial charge in [-0.2, -0.15) is 5.26 Å². The zero-order chi connectivity index (χ0) is 10.4. The average Bonchev–Trinajstić information content (AvgIpc) is 2.19. The maximum atomic E-state index is 12.5. The van der Waals surface area contributed by atoms with Crippen molar-refractivity contribution in [3.63, 3.8) is 0 Å². The third kappa shape index (κ3) is 3.04. The Bertz CT molecular complexity index is 392. The summed E-state index contributed by atoms with van der Waals surface area (Å²) in [6.07, 6.45) is 1.28. The zero-order valence-electron chi connectivity index (χ0n) is 7.11. The van der Waals surface area contributed by atoms with Crippen LogP contribution in [0.1, 0.15) is 10.4 Å². The van der Waals surface area contributed by atoms with E-state index in [1.165, 1.54) is 35.7 Å². The van der Waals surface area contributed by atoms with Gasteiger partial charge in [-0.25, -0.2) is 4.39 Å². The summed E-state index contributed by atoms with van der Waals surface area (Å²) in [7, 11) is 0. The minimum Gasteiger partial charge on any atom is -0.289 e. The van der Waals surface area contributed by atoms with Gasteiger partial charge >= 0.3 is 0 Å². The molecule has 0 aliphatic rings. The molecule has 0 saturated heterocycles. The molecule has 1 rings (SSSR count).